The van der Waals surface area contributed by atoms with E-state index in [1.807, 2.05) is 6.92 Å². The molecule has 1 aromatic carbocycles. The van der Waals surface area contributed by atoms with Crippen molar-refractivity contribution in [1.82, 2.24) is 4.31 Å². The predicted octanol–water partition coefficient (Wildman–Crippen LogP) is 4.42. The number of esters is 1. The zero-order valence-corrected chi connectivity index (χ0v) is 19.7. The number of sulfonamides is 1. The molecule has 2 aromatic rings. The maximum Gasteiger partial charge on any atom is 0.341 e. The Balaban J connectivity index is 2.41. The van der Waals surface area contributed by atoms with Crippen molar-refractivity contribution in [3.8, 4) is 0 Å². The van der Waals surface area contributed by atoms with Gasteiger partial charge in [-0.05, 0) is 37.6 Å². The maximum absolute atomic E-state index is 12.9. The smallest absolute Gasteiger partial charge is 0.341 e. The zero-order valence-electron chi connectivity index (χ0n) is 17.3. The van der Waals surface area contributed by atoms with Crippen LogP contribution in [0.2, 0.25) is 5.02 Å². The molecule has 1 N–H and O–H groups in total. The summed E-state index contributed by atoms with van der Waals surface area (Å²) in [5.74, 6) is -1.14. The van der Waals surface area contributed by atoms with Crippen LogP contribution < -0.4 is 5.32 Å². The third-order valence-corrected chi connectivity index (χ3v) is 7.95. The highest BCUT2D eigenvalue weighted by Crippen LogP contribution is 2.31. The number of anilines is 1. The number of ether oxygens (including phenoxy) is 1. The average molecular weight is 473 g/mol. The van der Waals surface area contributed by atoms with Gasteiger partial charge in [0.15, 0.2) is 0 Å². The Morgan fingerprint density at radius 1 is 1.10 bits per heavy atom. The molecule has 10 heteroatoms. The molecule has 0 radical (unpaired) electrons. The summed E-state index contributed by atoms with van der Waals surface area (Å²) in [6.45, 7) is 7.94. The van der Waals surface area contributed by atoms with Crippen LogP contribution in [0.1, 0.15) is 53.3 Å². The van der Waals surface area contributed by atoms with Gasteiger partial charge in [-0.15, -0.1) is 11.3 Å². The minimum Gasteiger partial charge on any atom is -0.462 e. The van der Waals surface area contributed by atoms with Gasteiger partial charge in [0.25, 0.3) is 5.91 Å². The molecule has 0 aliphatic rings. The van der Waals surface area contributed by atoms with Gasteiger partial charge in [0, 0.05) is 18.0 Å². The molecular formula is C20H25ClN2O5S2. The van der Waals surface area contributed by atoms with Crippen LogP contribution in [-0.4, -0.2) is 44.3 Å². The number of hydrogen-bond donors (Lipinski definition) is 1. The van der Waals surface area contributed by atoms with E-state index < -0.39 is 21.9 Å². The summed E-state index contributed by atoms with van der Waals surface area (Å²) in [7, 11) is -3.75. The number of hydrogen-bond acceptors (Lipinski definition) is 6. The Hall–Kier alpha value is -1.94. The van der Waals surface area contributed by atoms with E-state index in [9.17, 15) is 18.0 Å². The minimum atomic E-state index is -3.75. The molecule has 1 amide bonds. The monoisotopic (exact) mass is 472 g/mol. The highest BCUT2D eigenvalue weighted by atomic mass is 35.5. The molecule has 30 heavy (non-hydrogen) atoms. The summed E-state index contributed by atoms with van der Waals surface area (Å²) < 4.78 is 31.9. The van der Waals surface area contributed by atoms with E-state index >= 15 is 0 Å². The summed E-state index contributed by atoms with van der Waals surface area (Å²) in [6.07, 6.45) is 0.686. The number of rotatable bonds is 9. The number of nitrogens with zero attached hydrogens (tertiary/aromatic N) is 1. The van der Waals surface area contributed by atoms with Crippen LogP contribution >= 0.6 is 22.9 Å². The summed E-state index contributed by atoms with van der Waals surface area (Å²) in [5.41, 5.74) is 0.265. The number of nitrogens with one attached hydrogen (secondary N) is 1. The summed E-state index contributed by atoms with van der Waals surface area (Å²) in [5, 5.41) is 3.13. The third kappa shape index (κ3) is 5.21. The van der Waals surface area contributed by atoms with Crippen LogP contribution in [0.3, 0.4) is 0 Å². The molecule has 0 fully saturated rings. The Labute approximate surface area is 186 Å². The Bertz CT molecular complexity index is 1030. The first kappa shape index (κ1) is 24.3. The van der Waals surface area contributed by atoms with Gasteiger partial charge in [-0.1, -0.05) is 32.4 Å². The van der Waals surface area contributed by atoms with E-state index in [1.165, 1.54) is 33.8 Å². The molecule has 0 saturated carbocycles. The number of carbonyl (C=O) groups excluding carboxylic acids is 2. The number of carbonyl (C=O) groups is 2. The number of halogens is 1. The Morgan fingerprint density at radius 2 is 1.77 bits per heavy atom. The van der Waals surface area contributed by atoms with E-state index in [-0.39, 0.29) is 27.7 Å². The van der Waals surface area contributed by atoms with Crippen molar-refractivity contribution >= 4 is 49.8 Å². The molecule has 0 bridgehead atoms. The fourth-order valence-corrected chi connectivity index (χ4v) is 5.46. The summed E-state index contributed by atoms with van der Waals surface area (Å²) >= 11 is 7.44. The van der Waals surface area contributed by atoms with Crippen LogP contribution in [0.4, 0.5) is 5.00 Å². The first-order valence-electron chi connectivity index (χ1n) is 9.60. The number of aryl methyl sites for hydroxylation is 1. The second kappa shape index (κ2) is 10.4. The molecule has 164 valence electrons. The second-order valence-corrected chi connectivity index (χ2v) is 9.70. The largest absolute Gasteiger partial charge is 0.462 e. The minimum absolute atomic E-state index is 0.00570. The van der Waals surface area contributed by atoms with E-state index in [1.54, 1.807) is 26.8 Å². The van der Waals surface area contributed by atoms with Crippen molar-refractivity contribution in [3.63, 3.8) is 0 Å². The van der Waals surface area contributed by atoms with Gasteiger partial charge in [0.05, 0.1) is 27.7 Å². The van der Waals surface area contributed by atoms with E-state index in [0.717, 1.165) is 4.88 Å². The summed E-state index contributed by atoms with van der Waals surface area (Å²) in [4.78, 5) is 26.0. The zero-order chi connectivity index (χ0) is 22.5. The lowest BCUT2D eigenvalue weighted by Gasteiger charge is -2.19. The average Bonchev–Trinajstić information content (AvgIpc) is 3.12. The van der Waals surface area contributed by atoms with Gasteiger partial charge >= 0.3 is 5.97 Å². The molecule has 0 aliphatic carbocycles. The van der Waals surface area contributed by atoms with Gasteiger partial charge in [-0.2, -0.15) is 4.31 Å². The lowest BCUT2D eigenvalue weighted by molar-refractivity contribution is 0.0528. The fourth-order valence-electron chi connectivity index (χ4n) is 2.79. The van der Waals surface area contributed by atoms with Crippen molar-refractivity contribution in [1.29, 1.82) is 0 Å². The second-order valence-electron chi connectivity index (χ2n) is 6.21. The normalized spacial score (nSPS) is 11.5. The van der Waals surface area contributed by atoms with Gasteiger partial charge in [-0.25, -0.2) is 13.2 Å². The first-order chi connectivity index (χ1) is 14.2. The summed E-state index contributed by atoms with van der Waals surface area (Å²) in [6, 6.07) is 5.69. The van der Waals surface area contributed by atoms with Crippen LogP contribution in [-0.2, 0) is 21.2 Å². The molecule has 0 aliphatic heterocycles. The molecule has 0 saturated heterocycles. The van der Waals surface area contributed by atoms with Crippen LogP contribution in [0, 0.1) is 0 Å². The van der Waals surface area contributed by atoms with E-state index in [2.05, 4.69) is 5.32 Å². The maximum atomic E-state index is 12.9. The highest BCUT2D eigenvalue weighted by molar-refractivity contribution is 7.89. The number of benzene rings is 1. The van der Waals surface area contributed by atoms with Crippen LogP contribution in [0.5, 0.6) is 0 Å². The molecule has 0 unspecified atom stereocenters. The molecule has 1 heterocycles. The Kier molecular flexibility index (Phi) is 8.42. The SMILES string of the molecule is CCOC(=O)c1cc(CC)sc1NC(=O)c1cc(S(=O)(=O)N(CC)CC)ccc1Cl. The van der Waals surface area contributed by atoms with Crippen molar-refractivity contribution in [3.05, 3.63) is 45.3 Å². The van der Waals surface area contributed by atoms with Crippen molar-refractivity contribution in [2.45, 2.75) is 39.0 Å². The van der Waals surface area contributed by atoms with Gasteiger partial charge < -0.3 is 10.1 Å². The molecule has 1 aromatic heterocycles. The predicted molar refractivity (Wildman–Crippen MR) is 119 cm³/mol. The standard InChI is InChI=1S/C20H25ClN2O5S2/c1-5-13-11-16(20(25)28-8-4)19(29-13)22-18(24)15-12-14(9-10-17(15)21)30(26,27)23(6-2)7-3/h9-12H,5-8H2,1-4H3,(H,22,24). The number of thiophene rings is 1. The van der Waals surface area contributed by atoms with Crippen molar-refractivity contribution in [2.75, 3.05) is 25.0 Å². The van der Waals surface area contributed by atoms with Crippen molar-refractivity contribution < 1.29 is 22.7 Å². The van der Waals surface area contributed by atoms with Crippen LogP contribution in [0.15, 0.2) is 29.2 Å². The quantitative estimate of drug-likeness (QED) is 0.545. The lowest BCUT2D eigenvalue weighted by atomic mass is 10.2. The molecule has 0 spiro atoms. The van der Waals surface area contributed by atoms with Crippen molar-refractivity contribution in [2.24, 2.45) is 0 Å². The van der Waals surface area contributed by atoms with Gasteiger partial charge in [0.1, 0.15) is 5.00 Å². The first-order valence-corrected chi connectivity index (χ1v) is 12.2. The fraction of sp³-hybridized carbons (Fsp3) is 0.400. The topological polar surface area (TPSA) is 92.8 Å². The molecule has 2 rings (SSSR count). The Morgan fingerprint density at radius 3 is 2.33 bits per heavy atom. The van der Waals surface area contributed by atoms with E-state index in [0.29, 0.717) is 24.5 Å². The molecule has 7 nitrogen and oxygen atoms in total. The van der Waals surface area contributed by atoms with Gasteiger partial charge in [0.2, 0.25) is 10.0 Å². The molecular weight excluding hydrogens is 448 g/mol. The molecule has 0 atom stereocenters. The van der Waals surface area contributed by atoms with Gasteiger partial charge in [-0.3, -0.25) is 4.79 Å². The lowest BCUT2D eigenvalue weighted by Crippen LogP contribution is -2.30. The highest BCUT2D eigenvalue weighted by Gasteiger charge is 2.25. The van der Waals surface area contributed by atoms with E-state index in [4.69, 9.17) is 16.3 Å². The number of amides is 1. The third-order valence-electron chi connectivity index (χ3n) is 4.38. The van der Waals surface area contributed by atoms with Crippen LogP contribution in [0.25, 0.3) is 0 Å².